The van der Waals surface area contributed by atoms with Gasteiger partial charge in [-0.1, -0.05) is 32.9 Å². The molecule has 2 aliphatic carbocycles. The third-order valence-electron chi connectivity index (χ3n) is 5.39. The van der Waals surface area contributed by atoms with E-state index in [9.17, 15) is 0 Å². The van der Waals surface area contributed by atoms with Crippen LogP contribution >= 0.6 is 0 Å². The van der Waals surface area contributed by atoms with Gasteiger partial charge in [0, 0.05) is 0 Å². The summed E-state index contributed by atoms with van der Waals surface area (Å²) in [6.45, 7) is 9.30. The van der Waals surface area contributed by atoms with Gasteiger partial charge < -0.3 is 4.43 Å². The number of hydrogen-bond acceptors (Lipinski definition) is 1. The summed E-state index contributed by atoms with van der Waals surface area (Å²) in [4.78, 5) is 0. The average Bonchev–Trinajstić information content (AvgIpc) is 2.45. The van der Waals surface area contributed by atoms with E-state index in [2.05, 4.69) is 39.8 Å². The van der Waals surface area contributed by atoms with Crippen molar-refractivity contribution >= 4 is 8.32 Å². The highest BCUT2D eigenvalue weighted by Crippen LogP contribution is 2.46. The van der Waals surface area contributed by atoms with Gasteiger partial charge in [-0.05, 0) is 68.3 Å². The molecule has 0 heterocycles. The summed E-state index contributed by atoms with van der Waals surface area (Å²) in [5, 5.41) is 0. The van der Waals surface area contributed by atoms with Crippen LogP contribution in [-0.4, -0.2) is 13.9 Å². The van der Waals surface area contributed by atoms with Gasteiger partial charge in [0.05, 0.1) is 5.60 Å². The Morgan fingerprint density at radius 2 is 1.74 bits per heavy atom. The lowest BCUT2D eigenvalue weighted by Gasteiger charge is -2.48. The first-order chi connectivity index (χ1) is 9.11. The molecule has 108 valence electrons. The van der Waals surface area contributed by atoms with Gasteiger partial charge in [0.15, 0.2) is 8.32 Å². The summed E-state index contributed by atoms with van der Waals surface area (Å²) in [7, 11) is -1.52. The van der Waals surface area contributed by atoms with E-state index < -0.39 is 8.32 Å². The molecule has 0 radical (unpaired) electrons. The summed E-state index contributed by atoms with van der Waals surface area (Å²) in [5.74, 6) is 0. The Bertz CT molecular complexity index is 370. The average molecular weight is 279 g/mol. The fraction of sp³-hybridized carbons (Fsp3) is 0.765. The van der Waals surface area contributed by atoms with Crippen molar-refractivity contribution in [2.75, 3.05) is 0 Å². The summed E-state index contributed by atoms with van der Waals surface area (Å²) in [6, 6.07) is 3.79. The Kier molecular flexibility index (Phi) is 4.73. The second-order valence-corrected chi connectivity index (χ2v) is 11.0. The lowest BCUT2D eigenvalue weighted by Crippen LogP contribution is -2.50. The monoisotopic (exact) mass is 278 g/mol. The Morgan fingerprint density at radius 3 is 2.37 bits per heavy atom. The number of hydrogen-bond donors (Lipinski definition) is 0. The van der Waals surface area contributed by atoms with Crippen LogP contribution in [-0.2, 0) is 4.43 Å². The molecule has 0 aromatic heterocycles. The molecule has 0 bridgehead atoms. The molecule has 0 aromatic carbocycles. The Morgan fingerprint density at radius 1 is 1.05 bits per heavy atom. The summed E-state index contributed by atoms with van der Waals surface area (Å²) in [6.07, 6.45) is 11.1. The van der Waals surface area contributed by atoms with Crippen molar-refractivity contribution in [2.45, 2.75) is 83.5 Å². The second kappa shape index (κ2) is 5.97. The first-order valence-electron chi connectivity index (χ1n) is 8.19. The fourth-order valence-corrected chi connectivity index (χ4v) is 6.98. The van der Waals surface area contributed by atoms with Gasteiger partial charge in [-0.2, -0.15) is 0 Å². The van der Waals surface area contributed by atoms with Crippen molar-refractivity contribution < 1.29 is 4.43 Å². The molecule has 2 aliphatic rings. The highest BCUT2D eigenvalue weighted by molar-refractivity contribution is 6.73. The zero-order valence-electron chi connectivity index (χ0n) is 13.2. The molecule has 19 heavy (non-hydrogen) atoms. The largest absolute Gasteiger partial charge is 0.407 e. The van der Waals surface area contributed by atoms with Crippen molar-refractivity contribution in [3.63, 3.8) is 0 Å². The highest BCUT2D eigenvalue weighted by atomic mass is 28.4. The molecule has 1 unspecified atom stereocenters. The Balaban J connectivity index is 2.32. The van der Waals surface area contributed by atoms with E-state index in [1.54, 1.807) is 0 Å². The van der Waals surface area contributed by atoms with E-state index in [4.69, 9.17) is 4.43 Å². The normalized spacial score (nSPS) is 27.6. The minimum Gasteiger partial charge on any atom is -0.407 e. The van der Waals surface area contributed by atoms with Crippen LogP contribution in [0.1, 0.15) is 59.8 Å². The highest BCUT2D eigenvalue weighted by Gasteiger charge is 2.44. The van der Waals surface area contributed by atoms with Crippen LogP contribution < -0.4 is 0 Å². The predicted octanol–water partition coefficient (Wildman–Crippen LogP) is 5.60. The molecule has 1 nitrogen and oxygen atoms in total. The first kappa shape index (κ1) is 15.1. The van der Waals surface area contributed by atoms with Crippen LogP contribution in [0.3, 0.4) is 0 Å². The van der Waals surface area contributed by atoms with E-state index in [0.717, 1.165) is 0 Å². The molecule has 0 saturated carbocycles. The molecule has 0 fully saturated rings. The molecule has 0 spiro atoms. The standard InChI is InChI=1S/C17H30OSi/c1-5-19(6-2,7-3)18-17-13-9-8-12-16(17)15(4)11-10-14-17/h11-12H,5-10,13-14H2,1-4H3. The molecular weight excluding hydrogens is 248 g/mol. The van der Waals surface area contributed by atoms with Crippen molar-refractivity contribution in [1.29, 1.82) is 0 Å². The maximum Gasteiger partial charge on any atom is 0.193 e. The molecule has 0 amide bonds. The van der Waals surface area contributed by atoms with E-state index in [1.165, 1.54) is 61.4 Å². The van der Waals surface area contributed by atoms with Crippen molar-refractivity contribution in [3.8, 4) is 0 Å². The summed E-state index contributed by atoms with van der Waals surface area (Å²) in [5.41, 5.74) is 3.11. The van der Waals surface area contributed by atoms with Gasteiger partial charge in [0.1, 0.15) is 0 Å². The number of rotatable bonds is 5. The van der Waals surface area contributed by atoms with Gasteiger partial charge in [0.25, 0.3) is 0 Å². The molecule has 0 aliphatic heterocycles. The third kappa shape index (κ3) is 2.75. The van der Waals surface area contributed by atoms with E-state index in [-0.39, 0.29) is 5.60 Å². The van der Waals surface area contributed by atoms with Gasteiger partial charge in [0.2, 0.25) is 0 Å². The quantitative estimate of drug-likeness (QED) is 0.595. The van der Waals surface area contributed by atoms with Gasteiger partial charge in [-0.15, -0.1) is 0 Å². The molecule has 0 saturated heterocycles. The van der Waals surface area contributed by atoms with E-state index in [0.29, 0.717) is 0 Å². The lowest BCUT2D eigenvalue weighted by atomic mass is 9.74. The maximum atomic E-state index is 7.02. The minimum absolute atomic E-state index is 0.0886. The number of allylic oxidation sites excluding steroid dienone is 2. The van der Waals surface area contributed by atoms with Gasteiger partial charge >= 0.3 is 0 Å². The van der Waals surface area contributed by atoms with Crippen molar-refractivity contribution in [1.82, 2.24) is 0 Å². The summed E-state index contributed by atoms with van der Waals surface area (Å²) >= 11 is 0. The third-order valence-corrected chi connectivity index (χ3v) is 10.1. The second-order valence-electron chi connectivity index (χ2n) is 6.28. The van der Waals surface area contributed by atoms with Crippen LogP contribution in [0.2, 0.25) is 18.1 Å². The van der Waals surface area contributed by atoms with Crippen LogP contribution in [0.15, 0.2) is 23.3 Å². The lowest BCUT2D eigenvalue weighted by molar-refractivity contribution is 0.0672. The van der Waals surface area contributed by atoms with E-state index >= 15 is 0 Å². The number of fused-ring (bicyclic) bond motifs is 1. The SMILES string of the molecule is CC[Si](CC)(CC)OC12CCC=C(C)C1=CCCC2. The Labute approximate surface area is 120 Å². The predicted molar refractivity (Wildman–Crippen MR) is 85.9 cm³/mol. The molecule has 0 N–H and O–H groups in total. The van der Waals surface area contributed by atoms with Gasteiger partial charge in [-0.3, -0.25) is 0 Å². The molecule has 0 aromatic rings. The van der Waals surface area contributed by atoms with Crippen molar-refractivity contribution in [2.24, 2.45) is 0 Å². The molecule has 2 rings (SSSR count). The van der Waals surface area contributed by atoms with Crippen LogP contribution in [0, 0.1) is 0 Å². The smallest absolute Gasteiger partial charge is 0.193 e. The molecule has 2 heteroatoms. The molecular formula is C17H30OSi. The van der Waals surface area contributed by atoms with Crippen LogP contribution in [0.5, 0.6) is 0 Å². The zero-order chi connectivity index (χ0) is 13.9. The van der Waals surface area contributed by atoms with Crippen LogP contribution in [0.25, 0.3) is 0 Å². The van der Waals surface area contributed by atoms with Crippen molar-refractivity contribution in [3.05, 3.63) is 23.3 Å². The minimum atomic E-state index is -1.52. The topological polar surface area (TPSA) is 9.23 Å². The van der Waals surface area contributed by atoms with E-state index in [1.807, 2.05) is 0 Å². The molecule has 1 atom stereocenters. The fourth-order valence-electron chi connectivity index (χ4n) is 3.90. The Hall–Kier alpha value is -0.343. The maximum absolute atomic E-state index is 7.02. The first-order valence-corrected chi connectivity index (χ1v) is 10.7. The zero-order valence-corrected chi connectivity index (χ0v) is 14.2. The van der Waals surface area contributed by atoms with Gasteiger partial charge in [-0.25, -0.2) is 0 Å². The summed E-state index contributed by atoms with van der Waals surface area (Å²) < 4.78 is 7.02. The van der Waals surface area contributed by atoms with Crippen LogP contribution in [0.4, 0.5) is 0 Å².